The normalized spacial score (nSPS) is 28.2. The summed E-state index contributed by atoms with van der Waals surface area (Å²) in [4.78, 5) is 14.9. The number of aryl methyl sites for hydroxylation is 1. The van der Waals surface area contributed by atoms with Crippen LogP contribution >= 0.6 is 0 Å². The van der Waals surface area contributed by atoms with Gasteiger partial charge in [-0.15, -0.1) is 0 Å². The molecule has 26 heavy (non-hydrogen) atoms. The summed E-state index contributed by atoms with van der Waals surface area (Å²) in [7, 11) is 1.71. The van der Waals surface area contributed by atoms with Gasteiger partial charge >= 0.3 is 0 Å². The zero-order valence-corrected chi connectivity index (χ0v) is 15.2. The fourth-order valence-electron chi connectivity index (χ4n) is 4.38. The first-order valence-electron chi connectivity index (χ1n) is 9.19. The van der Waals surface area contributed by atoms with E-state index in [0.717, 1.165) is 30.5 Å². The molecule has 0 spiro atoms. The van der Waals surface area contributed by atoms with E-state index in [-0.39, 0.29) is 23.7 Å². The predicted octanol–water partition coefficient (Wildman–Crippen LogP) is 2.53. The predicted molar refractivity (Wildman–Crippen MR) is 97.8 cm³/mol. The quantitative estimate of drug-likeness (QED) is 0.887. The molecule has 1 amide bonds. The summed E-state index contributed by atoms with van der Waals surface area (Å²) >= 11 is 0. The van der Waals surface area contributed by atoms with Crippen molar-refractivity contribution in [3.05, 3.63) is 41.6 Å². The summed E-state index contributed by atoms with van der Waals surface area (Å²) in [5.41, 5.74) is 3.08. The molecule has 0 unspecified atom stereocenters. The van der Waals surface area contributed by atoms with Gasteiger partial charge in [0.2, 0.25) is 0 Å². The van der Waals surface area contributed by atoms with Gasteiger partial charge in [0.15, 0.2) is 0 Å². The molecule has 6 nitrogen and oxygen atoms in total. The van der Waals surface area contributed by atoms with E-state index >= 15 is 0 Å². The van der Waals surface area contributed by atoms with Crippen molar-refractivity contribution in [2.75, 3.05) is 13.7 Å². The van der Waals surface area contributed by atoms with E-state index in [4.69, 9.17) is 4.74 Å². The molecule has 0 bridgehead atoms. The van der Waals surface area contributed by atoms with Crippen molar-refractivity contribution in [3.63, 3.8) is 0 Å². The third kappa shape index (κ3) is 2.83. The number of methoxy groups -OCH3 is 1. The standard InChI is InChI=1S/C20H25N3O3/c1-13-3-5-14(6-4-13)16-12-17(22-21-16)19(25)23-10-9-20(26-2)8-7-15(24)11-18(20)23/h3-6,12,15,18,24H,7-11H2,1-2H3,(H,21,22)/t15-,18+,20-/m1/s1. The second-order valence-electron chi connectivity index (χ2n) is 7.49. The number of rotatable bonds is 3. The zero-order chi connectivity index (χ0) is 18.3. The van der Waals surface area contributed by atoms with Crippen LogP contribution in [-0.4, -0.2) is 57.5 Å². The molecule has 3 atom stereocenters. The van der Waals surface area contributed by atoms with Gasteiger partial charge in [-0.2, -0.15) is 5.10 Å². The number of ether oxygens (including phenoxy) is 1. The number of H-pyrrole nitrogens is 1. The van der Waals surface area contributed by atoms with Crippen LogP contribution in [0.5, 0.6) is 0 Å². The lowest BCUT2D eigenvalue weighted by molar-refractivity contribution is -0.0824. The molecule has 1 saturated heterocycles. The van der Waals surface area contributed by atoms with E-state index in [1.54, 1.807) is 13.2 Å². The minimum Gasteiger partial charge on any atom is -0.393 e. The number of aromatic nitrogens is 2. The maximum absolute atomic E-state index is 13.1. The number of carbonyl (C=O) groups is 1. The average molecular weight is 355 g/mol. The summed E-state index contributed by atoms with van der Waals surface area (Å²) in [6, 6.07) is 9.78. The van der Waals surface area contributed by atoms with Gasteiger partial charge in [-0.1, -0.05) is 29.8 Å². The Bertz CT molecular complexity index is 801. The molecular formula is C20H25N3O3. The van der Waals surface area contributed by atoms with Gasteiger partial charge in [-0.05, 0) is 38.7 Å². The van der Waals surface area contributed by atoms with Crippen LogP contribution in [0.15, 0.2) is 30.3 Å². The Labute approximate surface area is 153 Å². The molecule has 2 N–H and O–H groups in total. The number of amides is 1. The molecule has 6 heteroatoms. The van der Waals surface area contributed by atoms with Crippen LogP contribution in [0, 0.1) is 6.92 Å². The lowest BCUT2D eigenvalue weighted by atomic mass is 9.79. The second-order valence-corrected chi connectivity index (χ2v) is 7.49. The van der Waals surface area contributed by atoms with Crippen LogP contribution < -0.4 is 0 Å². The first-order valence-corrected chi connectivity index (χ1v) is 9.19. The molecule has 4 rings (SSSR count). The number of benzene rings is 1. The largest absolute Gasteiger partial charge is 0.393 e. The monoisotopic (exact) mass is 355 g/mol. The number of fused-ring (bicyclic) bond motifs is 1. The van der Waals surface area contributed by atoms with Gasteiger partial charge in [0.1, 0.15) is 5.69 Å². The van der Waals surface area contributed by atoms with Crippen LogP contribution in [0.4, 0.5) is 0 Å². The molecule has 0 radical (unpaired) electrons. The molecule has 2 heterocycles. The van der Waals surface area contributed by atoms with Crippen molar-refractivity contribution in [2.45, 2.75) is 50.4 Å². The number of hydrogen-bond acceptors (Lipinski definition) is 4. The van der Waals surface area contributed by atoms with Gasteiger partial charge in [0, 0.05) is 19.2 Å². The maximum atomic E-state index is 13.1. The number of nitrogens with one attached hydrogen (secondary N) is 1. The molecule has 1 saturated carbocycles. The van der Waals surface area contributed by atoms with E-state index in [0.29, 0.717) is 18.7 Å². The van der Waals surface area contributed by atoms with Gasteiger partial charge < -0.3 is 14.7 Å². The lowest BCUT2D eigenvalue weighted by Gasteiger charge is -2.42. The number of aliphatic hydroxyl groups is 1. The Morgan fingerprint density at radius 2 is 2.12 bits per heavy atom. The number of aromatic amines is 1. The highest BCUT2D eigenvalue weighted by molar-refractivity contribution is 5.94. The van der Waals surface area contributed by atoms with E-state index in [1.165, 1.54) is 5.56 Å². The SMILES string of the molecule is CO[C@@]12CC[C@@H](O)C[C@@H]1N(C(=O)c1cc(-c3ccc(C)cc3)n[nH]1)CC2. The fourth-order valence-corrected chi connectivity index (χ4v) is 4.38. The number of nitrogens with zero attached hydrogens (tertiary/aromatic N) is 2. The average Bonchev–Trinajstić information content (AvgIpc) is 3.27. The van der Waals surface area contributed by atoms with Gasteiger partial charge in [-0.25, -0.2) is 0 Å². The van der Waals surface area contributed by atoms with Gasteiger partial charge in [0.25, 0.3) is 5.91 Å². The third-order valence-electron chi connectivity index (χ3n) is 5.98. The van der Waals surface area contributed by atoms with Crippen LogP contribution in [0.1, 0.15) is 41.7 Å². The molecule has 1 aliphatic carbocycles. The topological polar surface area (TPSA) is 78.5 Å². The molecular weight excluding hydrogens is 330 g/mol. The molecule has 1 aromatic carbocycles. The minimum atomic E-state index is -0.374. The van der Waals surface area contributed by atoms with Crippen LogP contribution in [0.2, 0.25) is 0 Å². The Morgan fingerprint density at radius 1 is 1.35 bits per heavy atom. The van der Waals surface area contributed by atoms with Crippen molar-refractivity contribution in [1.82, 2.24) is 15.1 Å². The van der Waals surface area contributed by atoms with Crippen LogP contribution in [0.3, 0.4) is 0 Å². The van der Waals surface area contributed by atoms with E-state index < -0.39 is 0 Å². The van der Waals surface area contributed by atoms with Crippen LogP contribution in [0.25, 0.3) is 11.3 Å². The van der Waals surface area contributed by atoms with Crippen molar-refractivity contribution < 1.29 is 14.6 Å². The molecule has 2 aromatic rings. The minimum absolute atomic E-state index is 0.0751. The number of carbonyl (C=O) groups excluding carboxylic acids is 1. The van der Waals surface area contributed by atoms with Gasteiger partial charge in [0.05, 0.1) is 23.4 Å². The summed E-state index contributed by atoms with van der Waals surface area (Å²) in [6.45, 7) is 2.68. The first-order chi connectivity index (χ1) is 12.5. The van der Waals surface area contributed by atoms with Crippen molar-refractivity contribution >= 4 is 5.91 Å². The maximum Gasteiger partial charge on any atom is 0.272 e. The lowest BCUT2D eigenvalue weighted by Crippen LogP contribution is -2.52. The Balaban J connectivity index is 1.57. The van der Waals surface area contributed by atoms with Crippen molar-refractivity contribution in [3.8, 4) is 11.3 Å². The first kappa shape index (κ1) is 17.2. The smallest absolute Gasteiger partial charge is 0.272 e. The Hall–Kier alpha value is -2.18. The highest BCUT2D eigenvalue weighted by Crippen LogP contribution is 2.42. The van der Waals surface area contributed by atoms with E-state index in [1.807, 2.05) is 36.1 Å². The summed E-state index contributed by atoms with van der Waals surface area (Å²) in [5.74, 6) is -0.0751. The molecule has 1 aliphatic heterocycles. The number of likely N-dealkylation sites (tertiary alicyclic amines) is 1. The Kier molecular flexibility index (Phi) is 4.32. The summed E-state index contributed by atoms with van der Waals surface area (Å²) < 4.78 is 5.82. The van der Waals surface area contributed by atoms with Crippen molar-refractivity contribution in [1.29, 1.82) is 0 Å². The number of aliphatic hydroxyl groups excluding tert-OH is 1. The summed E-state index contributed by atoms with van der Waals surface area (Å²) in [5, 5.41) is 17.3. The third-order valence-corrected chi connectivity index (χ3v) is 5.98. The van der Waals surface area contributed by atoms with Crippen molar-refractivity contribution in [2.24, 2.45) is 0 Å². The molecule has 2 aliphatic rings. The zero-order valence-electron chi connectivity index (χ0n) is 15.2. The van der Waals surface area contributed by atoms with Crippen LogP contribution in [-0.2, 0) is 4.74 Å². The number of hydrogen-bond donors (Lipinski definition) is 2. The highest BCUT2D eigenvalue weighted by Gasteiger charge is 2.52. The second kappa shape index (κ2) is 6.52. The molecule has 1 aromatic heterocycles. The van der Waals surface area contributed by atoms with Gasteiger partial charge in [-0.3, -0.25) is 9.89 Å². The molecule has 2 fully saturated rings. The highest BCUT2D eigenvalue weighted by atomic mass is 16.5. The fraction of sp³-hybridized carbons (Fsp3) is 0.500. The summed E-state index contributed by atoms with van der Waals surface area (Å²) in [6.07, 6.45) is 2.52. The molecule has 138 valence electrons. The van der Waals surface area contributed by atoms with E-state index in [9.17, 15) is 9.90 Å². The Morgan fingerprint density at radius 3 is 2.85 bits per heavy atom. The van der Waals surface area contributed by atoms with E-state index in [2.05, 4.69) is 10.2 Å².